The van der Waals surface area contributed by atoms with E-state index in [1.807, 2.05) is 31.2 Å². The minimum absolute atomic E-state index is 0.250. The molecular weight excluding hydrogens is 182 g/mol. The Kier molecular flexibility index (Phi) is 3.34. The van der Waals surface area contributed by atoms with Crippen LogP contribution < -0.4 is 5.73 Å². The Morgan fingerprint density at radius 3 is 2.69 bits per heavy atom. The van der Waals surface area contributed by atoms with Crippen molar-refractivity contribution in [2.24, 2.45) is 5.73 Å². The van der Waals surface area contributed by atoms with Gasteiger partial charge >= 0.3 is 0 Å². The third-order valence-electron chi connectivity index (χ3n) is 2.25. The molecule has 13 heavy (non-hydrogen) atoms. The van der Waals surface area contributed by atoms with E-state index in [2.05, 4.69) is 6.92 Å². The molecule has 0 radical (unpaired) electrons. The smallest absolute Gasteiger partial charge is 0.0409 e. The summed E-state index contributed by atoms with van der Waals surface area (Å²) in [5.74, 6) is 0. The van der Waals surface area contributed by atoms with Crippen molar-refractivity contribution >= 4 is 11.6 Å². The molecule has 0 saturated carbocycles. The van der Waals surface area contributed by atoms with E-state index >= 15 is 0 Å². The summed E-state index contributed by atoms with van der Waals surface area (Å²) in [5, 5.41) is 0.755. The molecule has 1 nitrogen and oxygen atoms in total. The molecule has 0 aliphatic heterocycles. The molecule has 0 bridgehead atoms. The molecule has 0 fully saturated rings. The van der Waals surface area contributed by atoms with E-state index < -0.39 is 0 Å². The lowest BCUT2D eigenvalue weighted by atomic mass is 9.89. The van der Waals surface area contributed by atoms with E-state index in [1.165, 1.54) is 0 Å². The van der Waals surface area contributed by atoms with Crippen LogP contribution in [0.3, 0.4) is 0 Å². The van der Waals surface area contributed by atoms with Crippen molar-refractivity contribution in [1.29, 1.82) is 0 Å². The van der Waals surface area contributed by atoms with Crippen LogP contribution in [0, 0.1) is 0 Å². The highest BCUT2D eigenvalue weighted by molar-refractivity contribution is 6.30. The maximum absolute atomic E-state index is 6.16. The zero-order chi connectivity index (χ0) is 9.90. The largest absolute Gasteiger partial charge is 0.322 e. The van der Waals surface area contributed by atoms with Gasteiger partial charge in [0.25, 0.3) is 0 Å². The molecule has 1 aromatic rings. The van der Waals surface area contributed by atoms with E-state index in [-0.39, 0.29) is 5.54 Å². The average molecular weight is 198 g/mol. The molecule has 0 amide bonds. The molecule has 0 aromatic heterocycles. The maximum Gasteiger partial charge on any atom is 0.0409 e. The zero-order valence-corrected chi connectivity index (χ0v) is 8.93. The summed E-state index contributed by atoms with van der Waals surface area (Å²) in [6.07, 6.45) is 2.06. The highest BCUT2D eigenvalue weighted by Crippen LogP contribution is 2.25. The lowest BCUT2D eigenvalue weighted by molar-refractivity contribution is 0.447. The Morgan fingerprint density at radius 1 is 1.46 bits per heavy atom. The van der Waals surface area contributed by atoms with Gasteiger partial charge < -0.3 is 5.73 Å². The molecule has 2 N–H and O–H groups in total. The van der Waals surface area contributed by atoms with Crippen LogP contribution in [0.4, 0.5) is 0 Å². The van der Waals surface area contributed by atoms with Crippen molar-refractivity contribution in [2.75, 3.05) is 0 Å². The van der Waals surface area contributed by atoms with Crippen LogP contribution in [0.5, 0.6) is 0 Å². The standard InChI is InChI=1S/C11H16ClN/c1-3-7-11(2,13)9-5-4-6-10(12)8-9/h4-6,8H,3,7,13H2,1-2H3. The predicted molar refractivity (Wildman–Crippen MR) is 57.9 cm³/mol. The van der Waals surface area contributed by atoms with Gasteiger partial charge in [0, 0.05) is 10.6 Å². The van der Waals surface area contributed by atoms with Gasteiger partial charge in [0.15, 0.2) is 0 Å². The monoisotopic (exact) mass is 197 g/mol. The third kappa shape index (κ3) is 2.71. The van der Waals surface area contributed by atoms with Gasteiger partial charge in [-0.05, 0) is 31.0 Å². The first kappa shape index (κ1) is 10.6. The molecule has 0 spiro atoms. The summed E-state index contributed by atoms with van der Waals surface area (Å²) < 4.78 is 0. The number of nitrogens with two attached hydrogens (primary N) is 1. The van der Waals surface area contributed by atoms with Gasteiger partial charge in [0.05, 0.1) is 0 Å². The molecule has 0 aliphatic carbocycles. The highest BCUT2D eigenvalue weighted by Gasteiger charge is 2.19. The van der Waals surface area contributed by atoms with Gasteiger partial charge in [-0.1, -0.05) is 37.1 Å². The van der Waals surface area contributed by atoms with Crippen LogP contribution in [0.15, 0.2) is 24.3 Å². The van der Waals surface area contributed by atoms with E-state index in [9.17, 15) is 0 Å². The quantitative estimate of drug-likeness (QED) is 0.791. The van der Waals surface area contributed by atoms with E-state index in [0.29, 0.717) is 0 Å². The Hall–Kier alpha value is -0.530. The predicted octanol–water partition coefficient (Wildman–Crippen LogP) is 3.31. The number of halogens is 1. The van der Waals surface area contributed by atoms with E-state index in [1.54, 1.807) is 0 Å². The SMILES string of the molecule is CCCC(C)(N)c1cccc(Cl)c1. The fourth-order valence-corrected chi connectivity index (χ4v) is 1.70. The van der Waals surface area contributed by atoms with E-state index in [4.69, 9.17) is 17.3 Å². The van der Waals surface area contributed by atoms with Gasteiger partial charge in [-0.3, -0.25) is 0 Å². The number of hydrogen-bond acceptors (Lipinski definition) is 1. The van der Waals surface area contributed by atoms with Crippen molar-refractivity contribution < 1.29 is 0 Å². The fourth-order valence-electron chi connectivity index (χ4n) is 1.51. The Labute approximate surface area is 84.9 Å². The van der Waals surface area contributed by atoms with Gasteiger partial charge in [-0.15, -0.1) is 0 Å². The van der Waals surface area contributed by atoms with Crippen molar-refractivity contribution in [3.63, 3.8) is 0 Å². The molecule has 1 unspecified atom stereocenters. The van der Waals surface area contributed by atoms with Gasteiger partial charge in [0.2, 0.25) is 0 Å². The summed E-state index contributed by atoms with van der Waals surface area (Å²) in [5.41, 5.74) is 7.02. The lowest BCUT2D eigenvalue weighted by Gasteiger charge is -2.24. The molecule has 2 heteroatoms. The topological polar surface area (TPSA) is 26.0 Å². The number of hydrogen-bond donors (Lipinski definition) is 1. The van der Waals surface area contributed by atoms with Crippen molar-refractivity contribution in [2.45, 2.75) is 32.2 Å². The Balaban J connectivity index is 2.93. The third-order valence-corrected chi connectivity index (χ3v) is 2.49. The number of rotatable bonds is 3. The molecule has 1 rings (SSSR count). The Morgan fingerprint density at radius 2 is 2.15 bits per heavy atom. The summed E-state index contributed by atoms with van der Waals surface area (Å²) in [7, 11) is 0. The summed E-state index contributed by atoms with van der Waals surface area (Å²) in [6.45, 7) is 4.18. The maximum atomic E-state index is 6.16. The second-order valence-electron chi connectivity index (χ2n) is 3.68. The second kappa shape index (κ2) is 4.12. The lowest BCUT2D eigenvalue weighted by Crippen LogP contribution is -2.32. The van der Waals surface area contributed by atoms with Crippen LogP contribution in [0.2, 0.25) is 5.02 Å². The normalized spacial score (nSPS) is 15.4. The molecule has 1 aromatic carbocycles. The van der Waals surface area contributed by atoms with Crippen molar-refractivity contribution in [3.05, 3.63) is 34.9 Å². The van der Waals surface area contributed by atoms with Crippen LogP contribution in [-0.2, 0) is 5.54 Å². The molecular formula is C11H16ClN. The minimum Gasteiger partial charge on any atom is -0.322 e. The van der Waals surface area contributed by atoms with Crippen molar-refractivity contribution in [1.82, 2.24) is 0 Å². The summed E-state index contributed by atoms with van der Waals surface area (Å²) >= 11 is 5.90. The number of benzene rings is 1. The van der Waals surface area contributed by atoms with Gasteiger partial charge in [-0.2, -0.15) is 0 Å². The van der Waals surface area contributed by atoms with Gasteiger partial charge in [-0.25, -0.2) is 0 Å². The highest BCUT2D eigenvalue weighted by atomic mass is 35.5. The molecule has 1 atom stereocenters. The van der Waals surface area contributed by atoms with Crippen LogP contribution >= 0.6 is 11.6 Å². The molecule has 0 heterocycles. The van der Waals surface area contributed by atoms with Crippen LogP contribution in [0.1, 0.15) is 32.3 Å². The first-order chi connectivity index (χ1) is 6.06. The van der Waals surface area contributed by atoms with Crippen molar-refractivity contribution in [3.8, 4) is 0 Å². The Bertz CT molecular complexity index is 281. The summed E-state index contributed by atoms with van der Waals surface area (Å²) in [4.78, 5) is 0. The molecule has 0 aliphatic rings. The van der Waals surface area contributed by atoms with E-state index in [0.717, 1.165) is 23.4 Å². The first-order valence-corrected chi connectivity index (χ1v) is 4.99. The van der Waals surface area contributed by atoms with Crippen LogP contribution in [0.25, 0.3) is 0 Å². The summed E-state index contributed by atoms with van der Waals surface area (Å²) in [6, 6.07) is 7.78. The van der Waals surface area contributed by atoms with Gasteiger partial charge in [0.1, 0.15) is 0 Å². The second-order valence-corrected chi connectivity index (χ2v) is 4.11. The van der Waals surface area contributed by atoms with Crippen LogP contribution in [-0.4, -0.2) is 0 Å². The average Bonchev–Trinajstić information content (AvgIpc) is 2.04. The minimum atomic E-state index is -0.250. The zero-order valence-electron chi connectivity index (χ0n) is 8.18. The molecule has 0 saturated heterocycles. The molecule has 72 valence electrons. The fraction of sp³-hybridized carbons (Fsp3) is 0.455. The first-order valence-electron chi connectivity index (χ1n) is 4.61.